The van der Waals surface area contributed by atoms with Gasteiger partial charge in [-0.15, -0.1) is 35.3 Å². The summed E-state index contributed by atoms with van der Waals surface area (Å²) in [5.74, 6) is 1.72. The molecular formula is C17H25IN4OS. The third-order valence-electron chi connectivity index (χ3n) is 3.37. The minimum Gasteiger partial charge on any atom is -0.497 e. The fourth-order valence-corrected chi connectivity index (χ4v) is 2.92. The van der Waals surface area contributed by atoms with Crippen LogP contribution in [0.3, 0.4) is 0 Å². The number of thiazole rings is 1. The minimum atomic E-state index is 0. The van der Waals surface area contributed by atoms with Crippen LogP contribution in [0.1, 0.15) is 21.9 Å². The summed E-state index contributed by atoms with van der Waals surface area (Å²) in [6, 6.07) is 8.20. The van der Waals surface area contributed by atoms with Crippen LogP contribution in [-0.4, -0.2) is 31.6 Å². The Labute approximate surface area is 165 Å². The Kier molecular flexibility index (Phi) is 9.70. The Balaban J connectivity index is 0.00000288. The molecule has 0 fully saturated rings. The molecule has 2 aromatic rings. The number of nitrogens with zero attached hydrogens (tertiary/aromatic N) is 2. The van der Waals surface area contributed by atoms with Crippen LogP contribution in [0.5, 0.6) is 5.75 Å². The molecule has 2 N–H and O–H groups in total. The predicted molar refractivity (Wildman–Crippen MR) is 112 cm³/mol. The maximum absolute atomic E-state index is 5.24. The number of aromatic nitrogens is 1. The van der Waals surface area contributed by atoms with E-state index in [1.807, 2.05) is 18.3 Å². The van der Waals surface area contributed by atoms with E-state index in [9.17, 15) is 0 Å². The second-order valence-corrected chi connectivity index (χ2v) is 6.49. The normalized spacial score (nSPS) is 10.9. The molecule has 0 unspecified atom stereocenters. The van der Waals surface area contributed by atoms with Crippen LogP contribution in [0.4, 0.5) is 0 Å². The number of aliphatic imine (C=N–C) groups is 1. The molecule has 0 saturated carbocycles. The molecular weight excluding hydrogens is 435 g/mol. The lowest BCUT2D eigenvalue weighted by Gasteiger charge is -2.11. The first kappa shape index (κ1) is 20.7. The maximum Gasteiger partial charge on any atom is 0.191 e. The van der Waals surface area contributed by atoms with Gasteiger partial charge in [-0.05, 0) is 37.5 Å². The van der Waals surface area contributed by atoms with Crippen molar-refractivity contribution in [3.05, 3.63) is 45.9 Å². The fraction of sp³-hybridized carbons (Fsp3) is 0.412. The van der Waals surface area contributed by atoms with Crippen molar-refractivity contribution in [3.8, 4) is 5.75 Å². The Morgan fingerprint density at radius 2 is 2.17 bits per heavy atom. The van der Waals surface area contributed by atoms with Gasteiger partial charge in [-0.3, -0.25) is 4.99 Å². The van der Waals surface area contributed by atoms with Crippen LogP contribution in [0.15, 0.2) is 35.5 Å². The van der Waals surface area contributed by atoms with E-state index in [1.165, 1.54) is 10.4 Å². The van der Waals surface area contributed by atoms with Gasteiger partial charge < -0.3 is 15.4 Å². The Morgan fingerprint density at radius 3 is 2.83 bits per heavy atom. The highest BCUT2D eigenvalue weighted by Gasteiger charge is 2.02. The number of aryl methyl sites for hydroxylation is 2. The summed E-state index contributed by atoms with van der Waals surface area (Å²) in [4.78, 5) is 9.79. The summed E-state index contributed by atoms with van der Waals surface area (Å²) in [5, 5.41) is 7.68. The summed E-state index contributed by atoms with van der Waals surface area (Å²) in [7, 11) is 3.48. The zero-order valence-corrected chi connectivity index (χ0v) is 17.5. The van der Waals surface area contributed by atoms with Gasteiger partial charge in [0.2, 0.25) is 0 Å². The number of nitrogens with one attached hydrogen (secondary N) is 2. The van der Waals surface area contributed by atoms with E-state index < -0.39 is 0 Å². The van der Waals surface area contributed by atoms with Crippen LogP contribution in [0.25, 0.3) is 0 Å². The number of hydrogen-bond acceptors (Lipinski definition) is 4. The number of guanidine groups is 1. The lowest BCUT2D eigenvalue weighted by atomic mass is 10.1. The van der Waals surface area contributed by atoms with Gasteiger partial charge in [-0.25, -0.2) is 4.98 Å². The Hall–Kier alpha value is -1.35. The van der Waals surface area contributed by atoms with E-state index in [2.05, 4.69) is 39.7 Å². The topological polar surface area (TPSA) is 58.5 Å². The van der Waals surface area contributed by atoms with Gasteiger partial charge in [0.05, 0.1) is 13.7 Å². The molecule has 0 saturated heterocycles. The summed E-state index contributed by atoms with van der Waals surface area (Å²) in [6.45, 7) is 3.63. The quantitative estimate of drug-likeness (QED) is 0.288. The third kappa shape index (κ3) is 7.04. The van der Waals surface area contributed by atoms with E-state index in [1.54, 1.807) is 25.5 Å². The monoisotopic (exact) mass is 460 g/mol. The first-order valence-corrected chi connectivity index (χ1v) is 8.51. The van der Waals surface area contributed by atoms with Crippen LogP contribution in [0.2, 0.25) is 0 Å². The second-order valence-electron chi connectivity index (χ2n) is 5.17. The minimum absolute atomic E-state index is 0. The second kappa shape index (κ2) is 11.2. The molecule has 1 aromatic carbocycles. The molecule has 0 aliphatic heterocycles. The van der Waals surface area contributed by atoms with Crippen molar-refractivity contribution in [1.29, 1.82) is 0 Å². The van der Waals surface area contributed by atoms with Crippen molar-refractivity contribution in [2.75, 3.05) is 20.7 Å². The summed E-state index contributed by atoms with van der Waals surface area (Å²) >= 11 is 1.70. The number of rotatable bonds is 7. The van der Waals surface area contributed by atoms with Crippen LogP contribution < -0.4 is 15.4 Å². The number of hydrogen-bond donors (Lipinski definition) is 2. The van der Waals surface area contributed by atoms with E-state index in [4.69, 9.17) is 4.74 Å². The Bertz CT molecular complexity index is 645. The average molecular weight is 460 g/mol. The highest BCUT2D eigenvalue weighted by Crippen LogP contribution is 2.13. The van der Waals surface area contributed by atoms with E-state index in [0.717, 1.165) is 36.1 Å². The van der Waals surface area contributed by atoms with Crippen molar-refractivity contribution in [3.63, 3.8) is 0 Å². The van der Waals surface area contributed by atoms with Crippen LogP contribution in [-0.2, 0) is 13.0 Å². The van der Waals surface area contributed by atoms with Gasteiger partial charge in [-0.2, -0.15) is 0 Å². The first-order chi connectivity index (χ1) is 11.2. The standard InChI is InChI=1S/C17H24N4OS.HI/c1-13-11-20-16(23-13)12-21-17(18-2)19-9-5-7-14-6-4-8-15(10-14)22-3;/h4,6,8,10-11H,5,7,9,12H2,1-3H3,(H2,18,19,21);1H. The van der Waals surface area contributed by atoms with E-state index in [0.29, 0.717) is 6.54 Å². The van der Waals surface area contributed by atoms with Crippen molar-refractivity contribution in [1.82, 2.24) is 15.6 Å². The highest BCUT2D eigenvalue weighted by atomic mass is 127. The molecule has 0 amide bonds. The molecule has 0 aliphatic carbocycles. The SMILES string of the molecule is CN=C(NCCCc1cccc(OC)c1)NCc1ncc(C)s1.I. The molecule has 1 heterocycles. The molecule has 5 nitrogen and oxygen atoms in total. The molecule has 0 radical (unpaired) electrons. The van der Waals surface area contributed by atoms with Gasteiger partial charge >= 0.3 is 0 Å². The maximum atomic E-state index is 5.24. The van der Waals surface area contributed by atoms with Crippen LogP contribution in [0, 0.1) is 6.92 Å². The highest BCUT2D eigenvalue weighted by molar-refractivity contribution is 14.0. The summed E-state index contributed by atoms with van der Waals surface area (Å²) in [5.41, 5.74) is 1.28. The number of halogens is 1. The molecule has 132 valence electrons. The largest absolute Gasteiger partial charge is 0.497 e. The van der Waals surface area contributed by atoms with E-state index in [-0.39, 0.29) is 24.0 Å². The van der Waals surface area contributed by atoms with Gasteiger partial charge in [0.15, 0.2) is 5.96 Å². The number of ether oxygens (including phenoxy) is 1. The lowest BCUT2D eigenvalue weighted by Crippen LogP contribution is -2.37. The smallest absolute Gasteiger partial charge is 0.191 e. The van der Waals surface area contributed by atoms with Crippen molar-refractivity contribution in [2.45, 2.75) is 26.3 Å². The number of methoxy groups -OCH3 is 1. The van der Waals surface area contributed by atoms with Gasteiger partial charge in [0.1, 0.15) is 10.8 Å². The van der Waals surface area contributed by atoms with Crippen molar-refractivity contribution >= 4 is 41.3 Å². The lowest BCUT2D eigenvalue weighted by molar-refractivity contribution is 0.414. The molecule has 0 atom stereocenters. The average Bonchev–Trinajstić information content (AvgIpc) is 3.00. The molecule has 2 rings (SSSR count). The summed E-state index contributed by atoms with van der Waals surface area (Å²) < 4.78 is 5.24. The molecule has 0 spiro atoms. The Morgan fingerprint density at radius 1 is 1.33 bits per heavy atom. The predicted octanol–water partition coefficient (Wildman–Crippen LogP) is 3.38. The van der Waals surface area contributed by atoms with Gasteiger partial charge in [0.25, 0.3) is 0 Å². The third-order valence-corrected chi connectivity index (χ3v) is 4.28. The first-order valence-electron chi connectivity index (χ1n) is 7.70. The van der Waals surface area contributed by atoms with Crippen LogP contribution >= 0.6 is 35.3 Å². The molecule has 0 bridgehead atoms. The molecule has 24 heavy (non-hydrogen) atoms. The summed E-state index contributed by atoms with van der Waals surface area (Å²) in [6.07, 6.45) is 3.93. The fourth-order valence-electron chi connectivity index (χ4n) is 2.19. The molecule has 1 aromatic heterocycles. The van der Waals surface area contributed by atoms with Crippen molar-refractivity contribution < 1.29 is 4.74 Å². The number of benzene rings is 1. The van der Waals surface area contributed by atoms with Gasteiger partial charge in [-0.1, -0.05) is 12.1 Å². The van der Waals surface area contributed by atoms with Crippen molar-refractivity contribution in [2.24, 2.45) is 4.99 Å². The molecule has 0 aliphatic rings. The van der Waals surface area contributed by atoms with E-state index >= 15 is 0 Å². The molecule has 7 heteroatoms. The zero-order chi connectivity index (χ0) is 16.5. The van der Waals surface area contributed by atoms with Gasteiger partial charge in [0, 0.05) is 24.7 Å². The zero-order valence-electron chi connectivity index (χ0n) is 14.3.